The van der Waals surface area contributed by atoms with Crippen LogP contribution in [0.2, 0.25) is 0 Å². The summed E-state index contributed by atoms with van der Waals surface area (Å²) >= 11 is 1.54. The van der Waals surface area contributed by atoms with Crippen LogP contribution in [-0.2, 0) is 9.53 Å². The van der Waals surface area contributed by atoms with Gasteiger partial charge in [-0.15, -0.1) is 11.8 Å². The first-order valence-corrected chi connectivity index (χ1v) is 5.12. The number of ether oxygens (including phenoxy) is 1. The van der Waals surface area contributed by atoms with Crippen LogP contribution in [0.15, 0.2) is 0 Å². The van der Waals surface area contributed by atoms with Crippen LogP contribution in [-0.4, -0.2) is 36.9 Å². The number of carbonyl (C=O) groups is 1. The number of carbonyl (C=O) groups excluding carboxylic acids is 1. The van der Waals surface area contributed by atoms with Gasteiger partial charge < -0.3 is 4.74 Å². The van der Waals surface area contributed by atoms with Crippen molar-refractivity contribution in [3.63, 3.8) is 0 Å². The minimum Gasteiger partial charge on any atom is -0.465 e. The molecule has 12 heavy (non-hydrogen) atoms. The second-order valence-corrected chi connectivity index (χ2v) is 3.50. The number of hydrogen-bond donors (Lipinski definition) is 2. The minimum absolute atomic E-state index is 0.141. The van der Waals surface area contributed by atoms with E-state index in [1.54, 1.807) is 0 Å². The van der Waals surface area contributed by atoms with Gasteiger partial charge in [0.05, 0.1) is 12.4 Å². The van der Waals surface area contributed by atoms with E-state index >= 15 is 0 Å². The van der Waals surface area contributed by atoms with Crippen LogP contribution in [0.5, 0.6) is 0 Å². The summed E-state index contributed by atoms with van der Waals surface area (Å²) in [5, 5.41) is 6.40. The third kappa shape index (κ3) is 3.42. The molecule has 0 aromatic rings. The van der Waals surface area contributed by atoms with Gasteiger partial charge in [-0.2, -0.15) is 0 Å². The average Bonchev–Trinajstić information content (AvgIpc) is 2.53. The molecular weight excluding hydrogens is 176 g/mol. The molecule has 1 heterocycles. The fourth-order valence-corrected chi connectivity index (χ4v) is 1.81. The Bertz CT molecular complexity index is 148. The van der Waals surface area contributed by atoms with E-state index < -0.39 is 0 Å². The zero-order valence-electron chi connectivity index (χ0n) is 7.13. The summed E-state index contributed by atoms with van der Waals surface area (Å²) in [6.45, 7) is 4.22. The maximum absolute atomic E-state index is 10.9. The molecule has 1 fully saturated rings. The Morgan fingerprint density at radius 2 is 2.25 bits per heavy atom. The lowest BCUT2D eigenvalue weighted by Gasteiger charge is -2.08. The fraction of sp³-hybridized carbons (Fsp3) is 0.857. The van der Waals surface area contributed by atoms with Crippen molar-refractivity contribution in [3.05, 3.63) is 0 Å². The largest absolute Gasteiger partial charge is 0.465 e. The lowest BCUT2D eigenvalue weighted by molar-refractivity contribution is -0.139. The topological polar surface area (TPSA) is 50.4 Å². The monoisotopic (exact) mass is 190 g/mol. The van der Waals surface area contributed by atoms with E-state index in [1.807, 2.05) is 6.92 Å². The maximum atomic E-state index is 10.9. The highest BCUT2D eigenvalue weighted by Crippen LogP contribution is 2.07. The van der Waals surface area contributed by atoms with Crippen molar-refractivity contribution in [2.45, 2.75) is 12.4 Å². The summed E-state index contributed by atoms with van der Waals surface area (Å²) in [5.74, 6) is 0.274. The first-order valence-electron chi connectivity index (χ1n) is 4.07. The summed E-state index contributed by atoms with van der Waals surface area (Å²) < 4.78 is 4.79. The van der Waals surface area contributed by atoms with Crippen molar-refractivity contribution < 1.29 is 9.53 Å². The Morgan fingerprint density at radius 1 is 1.58 bits per heavy atom. The molecule has 0 spiro atoms. The van der Waals surface area contributed by atoms with Crippen LogP contribution in [0.3, 0.4) is 0 Å². The van der Waals surface area contributed by atoms with Crippen LogP contribution < -0.4 is 10.6 Å². The zero-order chi connectivity index (χ0) is 8.81. The van der Waals surface area contributed by atoms with Gasteiger partial charge in [0.25, 0.3) is 0 Å². The summed E-state index contributed by atoms with van der Waals surface area (Å²) in [5.41, 5.74) is 0.217. The van der Waals surface area contributed by atoms with Crippen LogP contribution in [0.4, 0.5) is 0 Å². The van der Waals surface area contributed by atoms with Crippen molar-refractivity contribution in [1.29, 1.82) is 0 Å². The SMILES string of the molecule is CCOC(=O)CSC1NCCN1. The lowest BCUT2D eigenvalue weighted by atomic mass is 10.7. The van der Waals surface area contributed by atoms with E-state index in [4.69, 9.17) is 4.74 Å². The molecule has 1 aliphatic heterocycles. The lowest BCUT2D eigenvalue weighted by Crippen LogP contribution is -2.28. The van der Waals surface area contributed by atoms with Gasteiger partial charge in [0.1, 0.15) is 5.50 Å². The van der Waals surface area contributed by atoms with E-state index in [0.29, 0.717) is 12.4 Å². The average molecular weight is 190 g/mol. The first kappa shape index (κ1) is 9.83. The van der Waals surface area contributed by atoms with Gasteiger partial charge in [-0.3, -0.25) is 15.4 Å². The Kier molecular flexibility index (Phi) is 4.42. The van der Waals surface area contributed by atoms with E-state index in [2.05, 4.69) is 10.6 Å². The highest BCUT2D eigenvalue weighted by Gasteiger charge is 2.14. The number of rotatable bonds is 4. The first-order chi connectivity index (χ1) is 5.83. The minimum atomic E-state index is -0.141. The molecule has 0 amide bonds. The van der Waals surface area contributed by atoms with Crippen molar-refractivity contribution in [3.8, 4) is 0 Å². The van der Waals surface area contributed by atoms with E-state index in [0.717, 1.165) is 13.1 Å². The molecule has 70 valence electrons. The standard InChI is InChI=1S/C7H14N2O2S/c1-2-11-6(10)5-12-7-8-3-4-9-7/h7-9H,2-5H2,1H3. The van der Waals surface area contributed by atoms with Gasteiger partial charge in [-0.1, -0.05) is 0 Å². The zero-order valence-corrected chi connectivity index (χ0v) is 7.95. The predicted molar refractivity (Wildman–Crippen MR) is 48.9 cm³/mol. The molecule has 0 aromatic heterocycles. The summed E-state index contributed by atoms with van der Waals surface area (Å²) in [7, 11) is 0. The number of hydrogen-bond acceptors (Lipinski definition) is 5. The third-order valence-corrected chi connectivity index (χ3v) is 2.53. The van der Waals surface area contributed by atoms with E-state index in [9.17, 15) is 4.79 Å². The van der Waals surface area contributed by atoms with Crippen LogP contribution in [0.1, 0.15) is 6.92 Å². The molecule has 1 aliphatic rings. The molecule has 4 nitrogen and oxygen atoms in total. The molecule has 1 saturated heterocycles. The molecule has 0 unspecified atom stereocenters. The summed E-state index contributed by atoms with van der Waals surface area (Å²) in [6, 6.07) is 0. The molecule has 0 atom stereocenters. The fourth-order valence-electron chi connectivity index (χ4n) is 0.951. The quantitative estimate of drug-likeness (QED) is 0.599. The molecule has 0 aliphatic carbocycles. The highest BCUT2D eigenvalue weighted by atomic mass is 32.2. The number of nitrogens with one attached hydrogen (secondary N) is 2. The van der Waals surface area contributed by atoms with Gasteiger partial charge in [-0.05, 0) is 6.92 Å². The van der Waals surface area contributed by atoms with Gasteiger partial charge >= 0.3 is 5.97 Å². The smallest absolute Gasteiger partial charge is 0.315 e. The van der Waals surface area contributed by atoms with Crippen molar-refractivity contribution in [2.75, 3.05) is 25.4 Å². The molecule has 0 bridgehead atoms. The van der Waals surface area contributed by atoms with Gasteiger partial charge in [0, 0.05) is 13.1 Å². The van der Waals surface area contributed by atoms with Crippen LogP contribution in [0, 0.1) is 0 Å². The Balaban J connectivity index is 2.03. The van der Waals surface area contributed by atoms with Crippen LogP contribution >= 0.6 is 11.8 Å². The van der Waals surface area contributed by atoms with Gasteiger partial charge in [0.2, 0.25) is 0 Å². The van der Waals surface area contributed by atoms with Crippen LogP contribution in [0.25, 0.3) is 0 Å². The van der Waals surface area contributed by atoms with Gasteiger partial charge in [0.15, 0.2) is 0 Å². The summed E-state index contributed by atoms with van der Waals surface area (Å²) in [4.78, 5) is 10.9. The van der Waals surface area contributed by atoms with Crippen molar-refractivity contribution in [2.24, 2.45) is 0 Å². The van der Waals surface area contributed by atoms with E-state index in [1.165, 1.54) is 11.8 Å². The third-order valence-electron chi connectivity index (χ3n) is 1.46. The Morgan fingerprint density at radius 3 is 2.83 bits per heavy atom. The normalized spacial score (nSPS) is 18.1. The summed E-state index contributed by atoms with van der Waals surface area (Å²) in [6.07, 6.45) is 0. The Hall–Kier alpha value is -0.260. The second kappa shape index (κ2) is 5.40. The molecule has 0 aromatic carbocycles. The molecule has 5 heteroatoms. The number of thioether (sulfide) groups is 1. The maximum Gasteiger partial charge on any atom is 0.315 e. The number of esters is 1. The predicted octanol–water partition coefficient (Wildman–Crippen LogP) is -0.241. The highest BCUT2D eigenvalue weighted by molar-refractivity contribution is 8.00. The second-order valence-electron chi connectivity index (χ2n) is 2.40. The molecule has 1 rings (SSSR count). The molecular formula is C7H14N2O2S. The van der Waals surface area contributed by atoms with E-state index in [-0.39, 0.29) is 11.5 Å². The molecule has 0 radical (unpaired) electrons. The Labute approximate surface area is 76.4 Å². The van der Waals surface area contributed by atoms with Gasteiger partial charge in [-0.25, -0.2) is 0 Å². The molecule has 0 saturated carbocycles. The van der Waals surface area contributed by atoms with Crippen molar-refractivity contribution >= 4 is 17.7 Å². The molecule has 2 N–H and O–H groups in total. The van der Waals surface area contributed by atoms with Crippen molar-refractivity contribution in [1.82, 2.24) is 10.6 Å².